The average molecular weight is 301 g/mol. The molecule has 0 fully saturated rings. The highest BCUT2D eigenvalue weighted by molar-refractivity contribution is 7.10. The minimum absolute atomic E-state index is 0.0159. The van der Waals surface area contributed by atoms with Crippen LogP contribution in [0.3, 0.4) is 0 Å². The lowest BCUT2D eigenvalue weighted by atomic mass is 10.1. The molecule has 0 aliphatic carbocycles. The number of aromatic nitrogens is 2. The van der Waals surface area contributed by atoms with Crippen molar-refractivity contribution in [2.75, 3.05) is 7.05 Å². The Morgan fingerprint density at radius 2 is 2.24 bits per heavy atom. The minimum Gasteiger partial charge on any atom is -0.369 e. The van der Waals surface area contributed by atoms with Gasteiger partial charge in [-0.15, -0.1) is 11.3 Å². The number of amides is 1. The predicted molar refractivity (Wildman–Crippen MR) is 81.8 cm³/mol. The Balaban J connectivity index is 1.91. The lowest BCUT2D eigenvalue weighted by Crippen LogP contribution is -2.42. The number of aryl methyl sites for hydroxylation is 1. The van der Waals surface area contributed by atoms with Crippen molar-refractivity contribution in [2.45, 2.75) is 19.4 Å². The van der Waals surface area contributed by atoms with E-state index in [9.17, 15) is 4.79 Å². The first kappa shape index (κ1) is 13.7. The molecule has 0 spiro atoms. The Bertz CT molecular complexity index is 724. The van der Waals surface area contributed by atoms with Gasteiger partial charge >= 0.3 is 0 Å². The largest absolute Gasteiger partial charge is 0.369 e. The van der Waals surface area contributed by atoms with Gasteiger partial charge in [0.2, 0.25) is 5.91 Å². The highest BCUT2D eigenvalue weighted by atomic mass is 32.1. The summed E-state index contributed by atoms with van der Waals surface area (Å²) < 4.78 is 0. The maximum Gasteiger partial charge on any atom is 0.231 e. The summed E-state index contributed by atoms with van der Waals surface area (Å²) in [7, 11) is 1.64. The molecule has 0 unspecified atom stereocenters. The molecule has 2 aromatic rings. The van der Waals surface area contributed by atoms with Crippen LogP contribution in [0, 0.1) is 6.92 Å². The SMILES string of the molecule is Cc1cncc(-c2csc([C@@H]3CC(=O)N(C)C(N)=N3)c2)n1. The van der Waals surface area contributed by atoms with Crippen LogP contribution in [0.15, 0.2) is 28.8 Å². The summed E-state index contributed by atoms with van der Waals surface area (Å²) >= 11 is 1.56. The zero-order valence-electron chi connectivity index (χ0n) is 11.8. The molecule has 0 radical (unpaired) electrons. The van der Waals surface area contributed by atoms with Crippen molar-refractivity contribution >= 4 is 23.2 Å². The fourth-order valence-corrected chi connectivity index (χ4v) is 3.09. The number of carbonyl (C=O) groups is 1. The number of aliphatic imine (C=N–C) groups is 1. The second kappa shape index (κ2) is 5.25. The first-order chi connectivity index (χ1) is 10.0. The highest BCUT2D eigenvalue weighted by Crippen LogP contribution is 2.33. The Hall–Kier alpha value is -2.28. The summed E-state index contributed by atoms with van der Waals surface area (Å²) in [6, 6.07) is 1.80. The molecular formula is C14H15N5OS. The van der Waals surface area contributed by atoms with Gasteiger partial charge in [0.25, 0.3) is 0 Å². The van der Waals surface area contributed by atoms with Gasteiger partial charge in [-0.2, -0.15) is 0 Å². The molecular weight excluding hydrogens is 286 g/mol. The van der Waals surface area contributed by atoms with Crippen LogP contribution in [0.5, 0.6) is 0 Å². The van der Waals surface area contributed by atoms with E-state index in [1.807, 2.05) is 18.4 Å². The van der Waals surface area contributed by atoms with Gasteiger partial charge in [-0.05, 0) is 13.0 Å². The van der Waals surface area contributed by atoms with E-state index in [0.29, 0.717) is 6.42 Å². The lowest BCUT2D eigenvalue weighted by molar-refractivity contribution is -0.127. The van der Waals surface area contributed by atoms with E-state index < -0.39 is 0 Å². The molecule has 108 valence electrons. The fourth-order valence-electron chi connectivity index (χ4n) is 2.15. The summed E-state index contributed by atoms with van der Waals surface area (Å²) in [4.78, 5) is 27.2. The van der Waals surface area contributed by atoms with Crippen molar-refractivity contribution < 1.29 is 4.79 Å². The number of hydrogen-bond donors (Lipinski definition) is 1. The quantitative estimate of drug-likeness (QED) is 0.915. The van der Waals surface area contributed by atoms with E-state index in [2.05, 4.69) is 15.0 Å². The molecule has 7 heteroatoms. The molecule has 1 amide bonds. The van der Waals surface area contributed by atoms with Gasteiger partial charge in [-0.1, -0.05) is 0 Å². The van der Waals surface area contributed by atoms with Crippen LogP contribution in [0.1, 0.15) is 23.0 Å². The Morgan fingerprint density at radius 1 is 1.43 bits per heavy atom. The number of hydrogen-bond acceptors (Lipinski definition) is 6. The first-order valence-corrected chi connectivity index (χ1v) is 7.40. The van der Waals surface area contributed by atoms with Crippen molar-refractivity contribution in [2.24, 2.45) is 10.7 Å². The second-order valence-corrected chi connectivity index (χ2v) is 5.89. The van der Waals surface area contributed by atoms with E-state index >= 15 is 0 Å². The fraction of sp³-hybridized carbons (Fsp3) is 0.286. The van der Waals surface area contributed by atoms with Gasteiger partial charge in [-0.3, -0.25) is 14.7 Å². The second-order valence-electron chi connectivity index (χ2n) is 4.94. The molecule has 1 aliphatic heterocycles. The minimum atomic E-state index is -0.204. The molecule has 2 N–H and O–H groups in total. The standard InChI is InChI=1S/C14H15N5OS/c1-8-5-16-6-11(17-8)9-3-12(21-7-9)10-4-13(20)19(2)14(15)18-10/h3,5-7,10H,4H2,1-2H3,(H2,15,18)/t10-/m0/s1. The Morgan fingerprint density at radius 3 is 2.95 bits per heavy atom. The number of carbonyl (C=O) groups excluding carboxylic acids is 1. The Kier molecular flexibility index (Phi) is 3.42. The topological polar surface area (TPSA) is 84.5 Å². The first-order valence-electron chi connectivity index (χ1n) is 6.52. The maximum absolute atomic E-state index is 11.9. The highest BCUT2D eigenvalue weighted by Gasteiger charge is 2.26. The van der Waals surface area contributed by atoms with Gasteiger partial charge in [-0.25, -0.2) is 9.98 Å². The third kappa shape index (κ3) is 2.64. The van der Waals surface area contributed by atoms with Crippen LogP contribution in [0.4, 0.5) is 0 Å². The van der Waals surface area contributed by atoms with Gasteiger partial charge in [0.15, 0.2) is 5.96 Å². The lowest BCUT2D eigenvalue weighted by Gasteiger charge is -2.24. The number of nitrogens with zero attached hydrogens (tertiary/aromatic N) is 4. The number of rotatable bonds is 2. The predicted octanol–water partition coefficient (Wildman–Crippen LogP) is 1.73. The van der Waals surface area contributed by atoms with Crippen molar-refractivity contribution in [3.63, 3.8) is 0 Å². The summed E-state index contributed by atoms with van der Waals surface area (Å²) in [6.45, 7) is 1.91. The van der Waals surface area contributed by atoms with Crippen LogP contribution in [0.2, 0.25) is 0 Å². The number of thiophene rings is 1. The average Bonchev–Trinajstić information content (AvgIpc) is 2.94. The van der Waals surface area contributed by atoms with Crippen molar-refractivity contribution in [3.8, 4) is 11.3 Å². The molecule has 0 bridgehead atoms. The third-order valence-electron chi connectivity index (χ3n) is 3.37. The molecule has 1 atom stereocenters. The zero-order chi connectivity index (χ0) is 15.0. The van der Waals surface area contributed by atoms with E-state index in [1.165, 1.54) is 4.90 Å². The van der Waals surface area contributed by atoms with E-state index in [1.54, 1.807) is 30.8 Å². The number of guanidine groups is 1. The zero-order valence-corrected chi connectivity index (χ0v) is 12.6. The summed E-state index contributed by atoms with van der Waals surface area (Å²) in [5.74, 6) is 0.249. The summed E-state index contributed by atoms with van der Waals surface area (Å²) in [5.41, 5.74) is 8.46. The molecule has 1 aliphatic rings. The Labute approximate surface area is 126 Å². The van der Waals surface area contributed by atoms with Crippen LogP contribution in [-0.2, 0) is 4.79 Å². The molecule has 0 saturated carbocycles. The number of nitrogens with two attached hydrogens (primary N) is 1. The molecule has 0 saturated heterocycles. The van der Waals surface area contributed by atoms with Gasteiger partial charge in [0.1, 0.15) is 0 Å². The molecule has 0 aromatic carbocycles. The summed E-state index contributed by atoms with van der Waals surface area (Å²) in [5, 5.41) is 2.01. The van der Waals surface area contributed by atoms with Crippen molar-refractivity contribution in [1.29, 1.82) is 0 Å². The van der Waals surface area contributed by atoms with Crippen molar-refractivity contribution in [1.82, 2.24) is 14.9 Å². The van der Waals surface area contributed by atoms with E-state index in [-0.39, 0.29) is 17.9 Å². The molecule has 21 heavy (non-hydrogen) atoms. The maximum atomic E-state index is 11.9. The van der Waals surface area contributed by atoms with Crippen LogP contribution in [-0.4, -0.2) is 33.8 Å². The molecule has 3 heterocycles. The van der Waals surface area contributed by atoms with Gasteiger partial charge in [0.05, 0.1) is 30.0 Å². The van der Waals surface area contributed by atoms with Crippen LogP contribution < -0.4 is 5.73 Å². The van der Waals surface area contributed by atoms with Crippen LogP contribution >= 0.6 is 11.3 Å². The van der Waals surface area contributed by atoms with Gasteiger partial charge in [0, 0.05) is 29.1 Å². The molecule has 2 aromatic heterocycles. The third-order valence-corrected chi connectivity index (χ3v) is 4.41. The molecule has 3 rings (SSSR count). The molecule has 6 nitrogen and oxygen atoms in total. The van der Waals surface area contributed by atoms with Gasteiger partial charge < -0.3 is 5.73 Å². The van der Waals surface area contributed by atoms with Crippen molar-refractivity contribution in [3.05, 3.63) is 34.4 Å². The monoisotopic (exact) mass is 301 g/mol. The normalized spacial score (nSPS) is 18.8. The summed E-state index contributed by atoms with van der Waals surface area (Å²) in [6.07, 6.45) is 3.80. The smallest absolute Gasteiger partial charge is 0.231 e. The van der Waals surface area contributed by atoms with Crippen LogP contribution in [0.25, 0.3) is 11.3 Å². The van der Waals surface area contributed by atoms with E-state index in [4.69, 9.17) is 5.73 Å². The van der Waals surface area contributed by atoms with E-state index in [0.717, 1.165) is 21.8 Å².